The van der Waals surface area contributed by atoms with Gasteiger partial charge >= 0.3 is 0 Å². The summed E-state index contributed by atoms with van der Waals surface area (Å²) in [6, 6.07) is 5.63. The third-order valence-corrected chi connectivity index (χ3v) is 4.87. The largest absolute Gasteiger partial charge is 0.346 e. The van der Waals surface area contributed by atoms with E-state index in [4.69, 9.17) is 11.6 Å². The van der Waals surface area contributed by atoms with Crippen molar-refractivity contribution in [3.63, 3.8) is 0 Å². The molecular formula is C18H18ClN5O. The van der Waals surface area contributed by atoms with Gasteiger partial charge in [-0.25, -0.2) is 9.97 Å². The zero-order valence-electron chi connectivity index (χ0n) is 13.8. The SMILES string of the molecule is CCc1c[nH]c2ncc(-c3cccc(N4CCNCC4=O)n3)c(Cl)c12. The van der Waals surface area contributed by atoms with E-state index in [9.17, 15) is 4.79 Å². The van der Waals surface area contributed by atoms with Crippen LogP contribution in [0.25, 0.3) is 22.3 Å². The van der Waals surface area contributed by atoms with Crippen LogP contribution in [0.4, 0.5) is 5.82 Å². The highest BCUT2D eigenvalue weighted by Gasteiger charge is 2.21. The normalized spacial score (nSPS) is 15.1. The summed E-state index contributed by atoms with van der Waals surface area (Å²) in [6.45, 7) is 3.79. The first kappa shape index (κ1) is 16.1. The van der Waals surface area contributed by atoms with E-state index in [1.165, 1.54) is 0 Å². The minimum Gasteiger partial charge on any atom is -0.346 e. The molecule has 128 valence electrons. The number of nitrogens with one attached hydrogen (secondary N) is 2. The molecule has 3 aromatic rings. The molecule has 0 radical (unpaired) electrons. The summed E-state index contributed by atoms with van der Waals surface area (Å²) >= 11 is 6.68. The van der Waals surface area contributed by atoms with Crippen LogP contribution < -0.4 is 10.2 Å². The number of carbonyl (C=O) groups excluding carboxylic acids is 1. The number of hydrogen-bond donors (Lipinski definition) is 2. The van der Waals surface area contributed by atoms with Gasteiger partial charge in [0.2, 0.25) is 5.91 Å². The van der Waals surface area contributed by atoms with Gasteiger partial charge in [0.05, 0.1) is 17.3 Å². The van der Waals surface area contributed by atoms with E-state index in [0.29, 0.717) is 29.6 Å². The molecule has 0 saturated carbocycles. The number of piperazine rings is 1. The Morgan fingerprint density at radius 2 is 2.24 bits per heavy atom. The molecule has 0 aliphatic carbocycles. The van der Waals surface area contributed by atoms with Gasteiger partial charge in [-0.3, -0.25) is 9.69 Å². The third kappa shape index (κ3) is 2.77. The number of pyridine rings is 2. The monoisotopic (exact) mass is 355 g/mol. The third-order valence-electron chi connectivity index (χ3n) is 4.48. The lowest BCUT2D eigenvalue weighted by Crippen LogP contribution is -2.48. The van der Waals surface area contributed by atoms with Crippen LogP contribution >= 0.6 is 11.6 Å². The van der Waals surface area contributed by atoms with E-state index in [-0.39, 0.29) is 5.91 Å². The quantitative estimate of drug-likeness (QED) is 0.757. The Bertz CT molecular complexity index is 952. The highest BCUT2D eigenvalue weighted by Crippen LogP contribution is 2.34. The van der Waals surface area contributed by atoms with E-state index in [1.807, 2.05) is 24.4 Å². The van der Waals surface area contributed by atoms with Gasteiger partial charge in [0.15, 0.2) is 0 Å². The second kappa shape index (κ2) is 6.46. The highest BCUT2D eigenvalue weighted by atomic mass is 35.5. The summed E-state index contributed by atoms with van der Waals surface area (Å²) in [4.78, 5) is 26.1. The number of anilines is 1. The van der Waals surface area contributed by atoms with Crippen LogP contribution in [0.5, 0.6) is 0 Å². The maximum atomic E-state index is 12.1. The number of nitrogens with zero attached hydrogens (tertiary/aromatic N) is 3. The first-order valence-corrected chi connectivity index (χ1v) is 8.69. The van der Waals surface area contributed by atoms with Crippen LogP contribution in [-0.2, 0) is 11.2 Å². The maximum absolute atomic E-state index is 12.1. The first-order chi connectivity index (χ1) is 12.2. The average Bonchev–Trinajstić information content (AvgIpc) is 3.07. The van der Waals surface area contributed by atoms with Gasteiger partial charge in [-0.15, -0.1) is 0 Å². The Morgan fingerprint density at radius 1 is 1.36 bits per heavy atom. The van der Waals surface area contributed by atoms with Crippen LogP contribution in [0.15, 0.2) is 30.6 Å². The van der Waals surface area contributed by atoms with Crippen molar-refractivity contribution in [3.8, 4) is 11.3 Å². The number of carbonyl (C=O) groups is 1. The number of hydrogen-bond acceptors (Lipinski definition) is 4. The molecule has 7 heteroatoms. The minimum atomic E-state index is 0.0227. The predicted molar refractivity (Wildman–Crippen MR) is 98.9 cm³/mol. The van der Waals surface area contributed by atoms with Crippen molar-refractivity contribution in [1.29, 1.82) is 0 Å². The van der Waals surface area contributed by atoms with Crippen molar-refractivity contribution in [2.75, 3.05) is 24.5 Å². The van der Waals surface area contributed by atoms with Gasteiger partial charge in [0.1, 0.15) is 11.5 Å². The molecule has 0 aromatic carbocycles. The molecule has 0 spiro atoms. The van der Waals surface area contributed by atoms with Gasteiger partial charge in [-0.2, -0.15) is 0 Å². The summed E-state index contributed by atoms with van der Waals surface area (Å²) in [5, 5.41) is 4.64. The number of amides is 1. The van der Waals surface area contributed by atoms with Crippen LogP contribution in [0.2, 0.25) is 5.02 Å². The van der Waals surface area contributed by atoms with E-state index >= 15 is 0 Å². The maximum Gasteiger partial charge on any atom is 0.242 e. The van der Waals surface area contributed by atoms with E-state index in [0.717, 1.165) is 35.1 Å². The molecule has 1 fully saturated rings. The van der Waals surface area contributed by atoms with Crippen LogP contribution in [-0.4, -0.2) is 40.5 Å². The van der Waals surface area contributed by atoms with Gasteiger partial charge in [0, 0.05) is 36.4 Å². The first-order valence-electron chi connectivity index (χ1n) is 8.32. The van der Waals surface area contributed by atoms with E-state index in [2.05, 4.69) is 27.2 Å². The summed E-state index contributed by atoms with van der Waals surface area (Å²) in [5.74, 6) is 0.666. The summed E-state index contributed by atoms with van der Waals surface area (Å²) < 4.78 is 0. The van der Waals surface area contributed by atoms with E-state index in [1.54, 1.807) is 11.1 Å². The molecule has 1 saturated heterocycles. The second-order valence-corrected chi connectivity index (χ2v) is 6.36. The van der Waals surface area contributed by atoms with Gasteiger partial charge in [0.25, 0.3) is 0 Å². The molecule has 1 aliphatic heterocycles. The lowest BCUT2D eigenvalue weighted by Gasteiger charge is -2.26. The Morgan fingerprint density at radius 3 is 3.04 bits per heavy atom. The van der Waals surface area contributed by atoms with Gasteiger partial charge in [-0.05, 0) is 24.1 Å². The molecular weight excluding hydrogens is 338 g/mol. The van der Waals surface area contributed by atoms with Crippen molar-refractivity contribution in [3.05, 3.63) is 41.2 Å². The molecule has 6 nitrogen and oxygen atoms in total. The zero-order valence-corrected chi connectivity index (χ0v) is 14.6. The topological polar surface area (TPSA) is 73.9 Å². The van der Waals surface area contributed by atoms with Crippen molar-refractivity contribution >= 4 is 34.4 Å². The Hall–Kier alpha value is -2.44. The van der Waals surface area contributed by atoms with Crippen molar-refractivity contribution in [2.24, 2.45) is 0 Å². The van der Waals surface area contributed by atoms with Crippen LogP contribution in [0.1, 0.15) is 12.5 Å². The second-order valence-electron chi connectivity index (χ2n) is 5.98. The Kier molecular flexibility index (Phi) is 4.15. The summed E-state index contributed by atoms with van der Waals surface area (Å²) in [6.07, 6.45) is 4.54. The smallest absolute Gasteiger partial charge is 0.242 e. The number of aryl methyl sites for hydroxylation is 1. The number of rotatable bonds is 3. The molecule has 2 N–H and O–H groups in total. The number of fused-ring (bicyclic) bond motifs is 1. The van der Waals surface area contributed by atoms with E-state index < -0.39 is 0 Å². The zero-order chi connectivity index (χ0) is 17.4. The van der Waals surface area contributed by atoms with Gasteiger partial charge < -0.3 is 10.3 Å². The van der Waals surface area contributed by atoms with Crippen molar-refractivity contribution in [1.82, 2.24) is 20.3 Å². The highest BCUT2D eigenvalue weighted by molar-refractivity contribution is 6.38. The fraction of sp³-hybridized carbons (Fsp3) is 0.278. The molecule has 4 rings (SSSR count). The van der Waals surface area contributed by atoms with Crippen LogP contribution in [0.3, 0.4) is 0 Å². The number of H-pyrrole nitrogens is 1. The average molecular weight is 356 g/mol. The lowest BCUT2D eigenvalue weighted by molar-refractivity contribution is -0.118. The number of aromatic amines is 1. The van der Waals surface area contributed by atoms with Crippen molar-refractivity contribution < 1.29 is 4.79 Å². The Balaban J connectivity index is 1.80. The summed E-state index contributed by atoms with van der Waals surface area (Å²) in [5.41, 5.74) is 3.39. The predicted octanol–water partition coefficient (Wildman–Crippen LogP) is 2.78. The summed E-state index contributed by atoms with van der Waals surface area (Å²) in [7, 11) is 0. The molecule has 25 heavy (non-hydrogen) atoms. The number of aromatic nitrogens is 3. The molecule has 0 unspecified atom stereocenters. The van der Waals surface area contributed by atoms with Crippen LogP contribution in [0, 0.1) is 0 Å². The Labute approximate surface area is 150 Å². The molecule has 1 amide bonds. The fourth-order valence-corrected chi connectivity index (χ4v) is 3.51. The molecule has 3 aromatic heterocycles. The molecule has 0 atom stereocenters. The van der Waals surface area contributed by atoms with Crippen molar-refractivity contribution in [2.45, 2.75) is 13.3 Å². The fourth-order valence-electron chi connectivity index (χ4n) is 3.15. The molecule has 1 aliphatic rings. The minimum absolute atomic E-state index is 0.0227. The lowest BCUT2D eigenvalue weighted by atomic mass is 10.1. The standard InChI is InChI=1S/C18H18ClN5O/c1-2-11-8-21-18-16(11)17(19)12(9-22-18)13-4-3-5-14(23-13)24-7-6-20-10-15(24)25/h3-5,8-9,20H,2,6-7,10H2,1H3,(H,21,22). The number of halogens is 1. The molecule has 0 bridgehead atoms. The molecule has 4 heterocycles. The van der Waals surface area contributed by atoms with Gasteiger partial charge in [-0.1, -0.05) is 24.6 Å².